The maximum absolute atomic E-state index is 12.5. The van der Waals surface area contributed by atoms with Crippen LogP contribution in [0, 0.1) is 0 Å². The van der Waals surface area contributed by atoms with Crippen molar-refractivity contribution in [3.63, 3.8) is 0 Å². The summed E-state index contributed by atoms with van der Waals surface area (Å²) in [6.45, 7) is 1.30. The Balaban J connectivity index is 1.50. The van der Waals surface area contributed by atoms with Crippen molar-refractivity contribution in [1.82, 2.24) is 5.32 Å². The van der Waals surface area contributed by atoms with Gasteiger partial charge < -0.3 is 20.3 Å². The molecule has 7 heteroatoms. The third kappa shape index (κ3) is 3.92. The number of amides is 1. The topological polar surface area (TPSA) is 113 Å². The number of ether oxygens (including phenoxy) is 1. The van der Waals surface area contributed by atoms with Crippen molar-refractivity contribution in [2.45, 2.75) is 18.9 Å². The number of rotatable bonds is 6. The number of aliphatic carboxylic acids is 1. The Hall–Kier alpha value is -4.13. The molecule has 162 valence electrons. The Morgan fingerprint density at radius 1 is 0.969 bits per heavy atom. The van der Waals surface area contributed by atoms with Crippen molar-refractivity contribution >= 4 is 17.8 Å². The van der Waals surface area contributed by atoms with Crippen LogP contribution in [0.1, 0.15) is 45.9 Å². The quantitative estimate of drug-likeness (QED) is 0.503. The summed E-state index contributed by atoms with van der Waals surface area (Å²) in [6, 6.07) is 18.1. The SMILES string of the molecule is CC(=O)c1cc(C(NC(=O)OCC2c3ccccc3-c3ccccc32)C(=O)O)ccc1O. The molecule has 0 aliphatic heterocycles. The number of aromatic hydroxyl groups is 1. The standard InChI is InChI=1S/C25H21NO6/c1-14(27)20-12-15(10-11-22(20)28)23(24(29)30)26-25(31)32-13-21-18-8-4-2-6-16(18)17-7-3-5-9-19(17)21/h2-12,21,23,28H,13H2,1H3,(H,26,31)(H,29,30). The van der Waals surface area contributed by atoms with Crippen molar-refractivity contribution in [2.24, 2.45) is 0 Å². The van der Waals surface area contributed by atoms with E-state index in [2.05, 4.69) is 5.32 Å². The smallest absolute Gasteiger partial charge is 0.408 e. The van der Waals surface area contributed by atoms with Crippen LogP contribution >= 0.6 is 0 Å². The van der Waals surface area contributed by atoms with Crippen LogP contribution in [0.3, 0.4) is 0 Å². The van der Waals surface area contributed by atoms with Gasteiger partial charge in [0.25, 0.3) is 0 Å². The average Bonchev–Trinajstić information content (AvgIpc) is 3.10. The van der Waals surface area contributed by atoms with E-state index < -0.39 is 23.9 Å². The Kier molecular flexibility index (Phi) is 5.64. The molecule has 1 aliphatic rings. The van der Waals surface area contributed by atoms with Gasteiger partial charge in [0.1, 0.15) is 12.4 Å². The molecule has 32 heavy (non-hydrogen) atoms. The molecule has 0 bridgehead atoms. The number of phenols is 1. The highest BCUT2D eigenvalue weighted by molar-refractivity contribution is 5.97. The summed E-state index contributed by atoms with van der Waals surface area (Å²) in [5, 5.41) is 21.7. The summed E-state index contributed by atoms with van der Waals surface area (Å²) in [5.41, 5.74) is 4.38. The van der Waals surface area contributed by atoms with Gasteiger partial charge in [-0.3, -0.25) is 4.79 Å². The highest BCUT2D eigenvalue weighted by atomic mass is 16.5. The number of Topliss-reactive ketones (excluding diaryl/α,β-unsaturated/α-hetero) is 1. The van der Waals surface area contributed by atoms with Crippen molar-refractivity contribution in [3.8, 4) is 16.9 Å². The summed E-state index contributed by atoms with van der Waals surface area (Å²) >= 11 is 0. The van der Waals surface area contributed by atoms with E-state index in [-0.39, 0.29) is 29.4 Å². The van der Waals surface area contributed by atoms with Gasteiger partial charge in [0, 0.05) is 5.92 Å². The van der Waals surface area contributed by atoms with Gasteiger partial charge in [0.2, 0.25) is 0 Å². The van der Waals surface area contributed by atoms with Crippen LogP contribution in [0.2, 0.25) is 0 Å². The fourth-order valence-corrected chi connectivity index (χ4v) is 4.06. The van der Waals surface area contributed by atoms with E-state index in [1.54, 1.807) is 0 Å². The van der Waals surface area contributed by atoms with Crippen LogP contribution in [0.15, 0.2) is 66.7 Å². The number of carbonyl (C=O) groups excluding carboxylic acids is 2. The number of hydrogen-bond donors (Lipinski definition) is 3. The molecule has 1 aliphatic carbocycles. The first kappa shape index (κ1) is 21.1. The van der Waals surface area contributed by atoms with Crippen molar-refractivity contribution in [1.29, 1.82) is 0 Å². The summed E-state index contributed by atoms with van der Waals surface area (Å²) in [7, 11) is 0. The van der Waals surface area contributed by atoms with E-state index in [9.17, 15) is 24.6 Å². The molecule has 0 spiro atoms. The number of ketones is 1. The Morgan fingerprint density at radius 3 is 2.12 bits per heavy atom. The largest absolute Gasteiger partial charge is 0.507 e. The maximum atomic E-state index is 12.5. The zero-order valence-corrected chi connectivity index (χ0v) is 17.2. The number of carboxylic acids is 1. The van der Waals surface area contributed by atoms with E-state index in [0.717, 1.165) is 22.3 Å². The molecule has 0 fully saturated rings. The van der Waals surface area contributed by atoms with Crippen LogP contribution in [-0.4, -0.2) is 34.7 Å². The van der Waals surface area contributed by atoms with Crippen molar-refractivity contribution in [2.75, 3.05) is 6.61 Å². The number of fused-ring (bicyclic) bond motifs is 3. The molecule has 3 N–H and O–H groups in total. The zero-order chi connectivity index (χ0) is 22.8. The van der Waals surface area contributed by atoms with Crippen LogP contribution in [0.5, 0.6) is 5.75 Å². The molecule has 4 rings (SSSR count). The lowest BCUT2D eigenvalue weighted by molar-refractivity contribution is -0.139. The van der Waals surface area contributed by atoms with Gasteiger partial charge >= 0.3 is 12.1 Å². The Labute approximate surface area is 184 Å². The molecule has 3 aromatic rings. The van der Waals surface area contributed by atoms with Crippen molar-refractivity contribution < 1.29 is 29.3 Å². The molecule has 0 heterocycles. The lowest BCUT2D eigenvalue weighted by atomic mass is 9.98. The predicted octanol–water partition coefficient (Wildman–Crippen LogP) is 4.26. The Morgan fingerprint density at radius 2 is 1.56 bits per heavy atom. The second kappa shape index (κ2) is 8.55. The molecule has 0 saturated heterocycles. The fraction of sp³-hybridized carbons (Fsp3) is 0.160. The van der Waals surface area contributed by atoms with Gasteiger partial charge in [-0.1, -0.05) is 54.6 Å². The normalized spacial score (nSPS) is 13.0. The molecule has 3 aromatic carbocycles. The van der Waals surface area contributed by atoms with E-state index in [4.69, 9.17) is 4.74 Å². The first-order valence-corrected chi connectivity index (χ1v) is 10.0. The first-order chi connectivity index (χ1) is 15.4. The molecule has 0 aromatic heterocycles. The number of nitrogens with one attached hydrogen (secondary N) is 1. The molecular formula is C25H21NO6. The minimum Gasteiger partial charge on any atom is -0.507 e. The van der Waals surface area contributed by atoms with Gasteiger partial charge in [-0.2, -0.15) is 0 Å². The second-order valence-corrected chi connectivity index (χ2v) is 7.57. The van der Waals surface area contributed by atoms with Crippen molar-refractivity contribution in [3.05, 3.63) is 89.0 Å². The van der Waals surface area contributed by atoms with Crippen LogP contribution < -0.4 is 5.32 Å². The molecule has 1 amide bonds. The average molecular weight is 431 g/mol. The van der Waals surface area contributed by atoms with Gasteiger partial charge in [0.05, 0.1) is 5.56 Å². The minimum absolute atomic E-state index is 0.0249. The van der Waals surface area contributed by atoms with Gasteiger partial charge in [-0.25, -0.2) is 9.59 Å². The molecule has 0 saturated carbocycles. The molecule has 0 radical (unpaired) electrons. The highest BCUT2D eigenvalue weighted by Gasteiger charge is 2.30. The number of carbonyl (C=O) groups is 3. The third-order valence-electron chi connectivity index (χ3n) is 5.59. The zero-order valence-electron chi connectivity index (χ0n) is 17.2. The summed E-state index contributed by atoms with van der Waals surface area (Å²) in [6.07, 6.45) is -0.892. The van der Waals surface area contributed by atoms with E-state index in [0.29, 0.717) is 0 Å². The molecular weight excluding hydrogens is 410 g/mol. The molecule has 1 unspecified atom stereocenters. The maximum Gasteiger partial charge on any atom is 0.408 e. The van der Waals surface area contributed by atoms with Crippen LogP contribution in [0.25, 0.3) is 11.1 Å². The number of benzene rings is 3. The summed E-state index contributed by atoms with van der Waals surface area (Å²) < 4.78 is 5.41. The first-order valence-electron chi connectivity index (χ1n) is 10.0. The number of alkyl carbamates (subject to hydrolysis) is 1. The predicted molar refractivity (Wildman–Crippen MR) is 117 cm³/mol. The van der Waals surface area contributed by atoms with E-state index >= 15 is 0 Å². The molecule has 7 nitrogen and oxygen atoms in total. The molecule has 1 atom stereocenters. The van der Waals surface area contributed by atoms with Gasteiger partial charge in [0.15, 0.2) is 11.8 Å². The highest BCUT2D eigenvalue weighted by Crippen LogP contribution is 2.44. The number of carboxylic acid groups (broad SMARTS) is 1. The second-order valence-electron chi connectivity index (χ2n) is 7.57. The monoisotopic (exact) mass is 431 g/mol. The lowest BCUT2D eigenvalue weighted by Crippen LogP contribution is -2.35. The fourth-order valence-electron chi connectivity index (χ4n) is 4.06. The van der Waals surface area contributed by atoms with Gasteiger partial charge in [-0.05, 0) is 46.9 Å². The Bertz CT molecular complexity index is 1170. The van der Waals surface area contributed by atoms with Gasteiger partial charge in [-0.15, -0.1) is 0 Å². The van der Waals surface area contributed by atoms with Crippen LogP contribution in [0.4, 0.5) is 4.79 Å². The lowest BCUT2D eigenvalue weighted by Gasteiger charge is -2.18. The number of hydrogen-bond acceptors (Lipinski definition) is 5. The summed E-state index contributed by atoms with van der Waals surface area (Å²) in [4.78, 5) is 35.9. The minimum atomic E-state index is -1.44. The van der Waals surface area contributed by atoms with E-state index in [1.807, 2.05) is 48.5 Å². The third-order valence-corrected chi connectivity index (χ3v) is 5.59. The summed E-state index contributed by atoms with van der Waals surface area (Å²) in [5.74, 6) is -2.16. The number of phenolic OH excluding ortho intramolecular Hbond substituents is 1. The van der Waals surface area contributed by atoms with Crippen LogP contribution in [-0.2, 0) is 9.53 Å². The van der Waals surface area contributed by atoms with E-state index in [1.165, 1.54) is 25.1 Å².